The molecule has 1 amide bonds. The van der Waals surface area contributed by atoms with Crippen molar-refractivity contribution in [1.29, 1.82) is 0 Å². The van der Waals surface area contributed by atoms with Crippen molar-refractivity contribution in [2.45, 2.75) is 18.6 Å². The van der Waals surface area contributed by atoms with Crippen LogP contribution in [0.2, 0.25) is 0 Å². The highest BCUT2D eigenvalue weighted by Crippen LogP contribution is 2.29. The van der Waals surface area contributed by atoms with Crippen molar-refractivity contribution in [3.63, 3.8) is 0 Å². The van der Waals surface area contributed by atoms with E-state index in [0.29, 0.717) is 32.0 Å². The topological polar surface area (TPSA) is 60.5 Å². The Morgan fingerprint density at radius 1 is 1.22 bits per heavy atom. The molecule has 0 aliphatic carbocycles. The number of amides is 1. The lowest BCUT2D eigenvalue weighted by atomic mass is 10.2. The van der Waals surface area contributed by atoms with E-state index in [0.717, 1.165) is 25.2 Å². The molecule has 6 nitrogen and oxygen atoms in total. The fraction of sp³-hybridized carbons (Fsp3) is 0.571. The normalized spacial score (nSPS) is 22.5. The molecule has 1 aromatic rings. The van der Waals surface area contributed by atoms with Crippen LogP contribution in [0.15, 0.2) is 18.3 Å². The number of hydrazine groups is 1. The maximum absolute atomic E-state index is 12.5. The minimum absolute atomic E-state index is 0.0648. The van der Waals surface area contributed by atoms with Gasteiger partial charge in [-0.25, -0.2) is 10.4 Å². The molecule has 2 fully saturated rings. The molecule has 1 unspecified atom stereocenters. The molecule has 2 saturated heterocycles. The highest BCUT2D eigenvalue weighted by Gasteiger charge is 2.32. The zero-order chi connectivity index (χ0) is 16.4. The number of carbonyl (C=O) groups is 1. The maximum Gasteiger partial charge on any atom is 0.417 e. The van der Waals surface area contributed by atoms with Crippen LogP contribution in [-0.2, 0) is 11.0 Å². The van der Waals surface area contributed by atoms with Gasteiger partial charge in [-0.05, 0) is 18.6 Å². The van der Waals surface area contributed by atoms with Gasteiger partial charge in [0.25, 0.3) is 0 Å². The zero-order valence-corrected chi connectivity index (χ0v) is 12.4. The summed E-state index contributed by atoms with van der Waals surface area (Å²) < 4.78 is 37.6. The maximum atomic E-state index is 12.5. The fourth-order valence-electron chi connectivity index (χ4n) is 2.79. The molecule has 23 heavy (non-hydrogen) atoms. The van der Waals surface area contributed by atoms with Crippen molar-refractivity contribution < 1.29 is 18.0 Å². The van der Waals surface area contributed by atoms with Gasteiger partial charge in [0.05, 0.1) is 5.56 Å². The van der Waals surface area contributed by atoms with Crippen molar-refractivity contribution in [3.05, 3.63) is 23.9 Å². The standard InChI is InChI=1S/C14H18F3N5O/c15-14(16,17)10-1-2-12(18-9-10)21-5-7-22(8-6-21)13(23)11-3-4-19-20-11/h1-2,9,11,19-20H,3-8H2. The first-order valence-electron chi connectivity index (χ1n) is 7.50. The van der Waals surface area contributed by atoms with Crippen LogP contribution in [0.1, 0.15) is 12.0 Å². The van der Waals surface area contributed by atoms with Crippen LogP contribution in [0, 0.1) is 0 Å². The molecule has 2 aliphatic rings. The second kappa shape index (κ2) is 6.32. The van der Waals surface area contributed by atoms with E-state index < -0.39 is 11.7 Å². The monoisotopic (exact) mass is 329 g/mol. The van der Waals surface area contributed by atoms with E-state index in [1.54, 1.807) is 4.90 Å². The minimum atomic E-state index is -4.38. The van der Waals surface area contributed by atoms with Gasteiger partial charge in [-0.3, -0.25) is 10.2 Å². The molecule has 2 aliphatic heterocycles. The third-order valence-electron chi connectivity index (χ3n) is 4.12. The molecule has 0 saturated carbocycles. The summed E-state index contributed by atoms with van der Waals surface area (Å²) in [5, 5.41) is 0. The molecule has 0 bridgehead atoms. The Balaban J connectivity index is 1.57. The minimum Gasteiger partial charge on any atom is -0.353 e. The lowest BCUT2D eigenvalue weighted by Crippen LogP contribution is -2.53. The van der Waals surface area contributed by atoms with Gasteiger partial charge in [-0.1, -0.05) is 0 Å². The molecule has 2 N–H and O–H groups in total. The number of carbonyl (C=O) groups excluding carboxylic acids is 1. The smallest absolute Gasteiger partial charge is 0.353 e. The number of rotatable bonds is 2. The van der Waals surface area contributed by atoms with Crippen molar-refractivity contribution in [2.24, 2.45) is 0 Å². The molecular weight excluding hydrogens is 311 g/mol. The van der Waals surface area contributed by atoms with Gasteiger partial charge in [0, 0.05) is 38.9 Å². The predicted molar refractivity (Wildman–Crippen MR) is 77.6 cm³/mol. The highest BCUT2D eigenvalue weighted by atomic mass is 19.4. The van der Waals surface area contributed by atoms with Crippen LogP contribution in [0.4, 0.5) is 19.0 Å². The molecule has 3 rings (SSSR count). The molecule has 9 heteroatoms. The van der Waals surface area contributed by atoms with Crippen molar-refractivity contribution in [3.8, 4) is 0 Å². The Morgan fingerprint density at radius 3 is 2.48 bits per heavy atom. The summed E-state index contributed by atoms with van der Waals surface area (Å²) in [7, 11) is 0. The lowest BCUT2D eigenvalue weighted by Gasteiger charge is -2.36. The van der Waals surface area contributed by atoms with E-state index in [4.69, 9.17) is 0 Å². The van der Waals surface area contributed by atoms with E-state index >= 15 is 0 Å². The van der Waals surface area contributed by atoms with Crippen molar-refractivity contribution in [1.82, 2.24) is 20.7 Å². The van der Waals surface area contributed by atoms with E-state index in [2.05, 4.69) is 15.8 Å². The largest absolute Gasteiger partial charge is 0.417 e. The number of nitrogens with one attached hydrogen (secondary N) is 2. The van der Waals surface area contributed by atoms with Gasteiger partial charge < -0.3 is 9.80 Å². The molecule has 1 atom stereocenters. The lowest BCUT2D eigenvalue weighted by molar-refractivity contribution is -0.138. The average Bonchev–Trinajstić information content (AvgIpc) is 3.08. The van der Waals surface area contributed by atoms with Crippen molar-refractivity contribution in [2.75, 3.05) is 37.6 Å². The second-order valence-corrected chi connectivity index (χ2v) is 5.63. The van der Waals surface area contributed by atoms with E-state index in [9.17, 15) is 18.0 Å². The summed E-state index contributed by atoms with van der Waals surface area (Å²) in [5.41, 5.74) is 5.12. The highest BCUT2D eigenvalue weighted by molar-refractivity contribution is 5.82. The van der Waals surface area contributed by atoms with Crippen LogP contribution < -0.4 is 15.8 Å². The summed E-state index contributed by atoms with van der Waals surface area (Å²) >= 11 is 0. The van der Waals surface area contributed by atoms with Crippen LogP contribution in [0.3, 0.4) is 0 Å². The Bertz CT molecular complexity index is 549. The van der Waals surface area contributed by atoms with Gasteiger partial charge in [0.15, 0.2) is 0 Å². The zero-order valence-electron chi connectivity index (χ0n) is 12.4. The van der Waals surface area contributed by atoms with Gasteiger partial charge in [-0.15, -0.1) is 0 Å². The fourth-order valence-corrected chi connectivity index (χ4v) is 2.79. The number of halogens is 3. The number of nitrogens with zero attached hydrogens (tertiary/aromatic N) is 3. The number of piperazine rings is 1. The van der Waals surface area contributed by atoms with E-state index in [1.807, 2.05) is 4.90 Å². The first-order chi connectivity index (χ1) is 10.9. The van der Waals surface area contributed by atoms with Gasteiger partial charge in [0.2, 0.25) is 5.91 Å². The summed E-state index contributed by atoms with van der Waals surface area (Å²) in [6.45, 7) is 2.97. The Kier molecular flexibility index (Phi) is 4.40. The molecule has 126 valence electrons. The van der Waals surface area contributed by atoms with Crippen LogP contribution in [0.5, 0.6) is 0 Å². The van der Waals surface area contributed by atoms with Crippen LogP contribution >= 0.6 is 0 Å². The summed E-state index contributed by atoms with van der Waals surface area (Å²) in [6.07, 6.45) is -2.76. The summed E-state index contributed by atoms with van der Waals surface area (Å²) in [6, 6.07) is 2.22. The average molecular weight is 329 g/mol. The SMILES string of the molecule is O=C(C1CCNN1)N1CCN(c2ccc(C(F)(F)F)cn2)CC1. The van der Waals surface area contributed by atoms with Crippen LogP contribution in [-0.4, -0.2) is 54.6 Å². The molecule has 3 heterocycles. The number of aromatic nitrogens is 1. The number of pyridine rings is 1. The number of hydrogen-bond acceptors (Lipinski definition) is 5. The molecular formula is C14H18F3N5O. The van der Waals surface area contributed by atoms with Gasteiger partial charge in [0.1, 0.15) is 11.9 Å². The number of anilines is 1. The first kappa shape index (κ1) is 16.0. The van der Waals surface area contributed by atoms with Crippen molar-refractivity contribution >= 4 is 11.7 Å². The number of alkyl halides is 3. The van der Waals surface area contributed by atoms with Crippen LogP contribution in [0.25, 0.3) is 0 Å². The van der Waals surface area contributed by atoms with Gasteiger partial charge >= 0.3 is 6.18 Å². The van der Waals surface area contributed by atoms with E-state index in [1.165, 1.54) is 6.07 Å². The number of hydrogen-bond donors (Lipinski definition) is 2. The first-order valence-corrected chi connectivity index (χ1v) is 7.50. The third kappa shape index (κ3) is 3.56. The predicted octanol–water partition coefficient (Wildman–Crippen LogP) is 0.615. The molecule has 0 aromatic carbocycles. The quantitative estimate of drug-likeness (QED) is 0.833. The third-order valence-corrected chi connectivity index (χ3v) is 4.12. The Labute approximate surface area is 131 Å². The molecule has 1 aromatic heterocycles. The molecule has 0 spiro atoms. The molecule has 0 radical (unpaired) electrons. The Morgan fingerprint density at radius 2 is 1.96 bits per heavy atom. The van der Waals surface area contributed by atoms with E-state index in [-0.39, 0.29) is 11.9 Å². The van der Waals surface area contributed by atoms with Gasteiger partial charge in [-0.2, -0.15) is 13.2 Å². The summed E-state index contributed by atoms with van der Waals surface area (Å²) in [5.74, 6) is 0.570. The second-order valence-electron chi connectivity index (χ2n) is 5.63. The summed E-state index contributed by atoms with van der Waals surface area (Å²) in [4.78, 5) is 19.8. The Hall–Kier alpha value is -1.87.